The molecule has 4 N–H and O–H groups in total. The maximum Gasteiger partial charge on any atom is 0.248 e. The Labute approximate surface area is 103 Å². The van der Waals surface area contributed by atoms with Gasteiger partial charge in [0, 0.05) is 19.1 Å². The monoisotopic (exact) mass is 243 g/mol. The summed E-state index contributed by atoms with van der Waals surface area (Å²) in [6, 6.07) is 0.669. The first-order valence-corrected chi connectivity index (χ1v) is 6.44. The second-order valence-electron chi connectivity index (χ2n) is 4.87. The number of aliphatic hydroxyl groups excluding tert-OH is 1. The predicted octanol–water partition coefficient (Wildman–Crippen LogP) is 0.618. The maximum atomic E-state index is 11.3. The molecule has 0 bridgehead atoms. The minimum atomic E-state index is -0.339. The van der Waals surface area contributed by atoms with E-state index in [1.54, 1.807) is 4.90 Å². The van der Waals surface area contributed by atoms with Gasteiger partial charge >= 0.3 is 0 Å². The molecule has 0 unspecified atom stereocenters. The number of rotatable bonds is 2. The maximum absolute atomic E-state index is 11.3. The molecule has 5 nitrogen and oxygen atoms in total. The van der Waals surface area contributed by atoms with E-state index in [1.165, 1.54) is 32.4 Å². The molecule has 0 aliphatic carbocycles. The highest BCUT2D eigenvalue weighted by Gasteiger charge is 2.26. The number of amides is 1. The lowest BCUT2D eigenvalue weighted by Crippen LogP contribution is -2.48. The van der Waals surface area contributed by atoms with Crippen LogP contribution in [-0.2, 0) is 4.79 Å². The van der Waals surface area contributed by atoms with Crippen LogP contribution < -0.4 is 6.15 Å². The van der Waals surface area contributed by atoms with Crippen molar-refractivity contribution in [2.75, 3.05) is 32.8 Å². The van der Waals surface area contributed by atoms with Crippen LogP contribution in [0.5, 0.6) is 0 Å². The third-order valence-electron chi connectivity index (χ3n) is 3.86. The van der Waals surface area contributed by atoms with E-state index in [2.05, 4.69) is 4.90 Å². The smallest absolute Gasteiger partial charge is 0.248 e. The molecule has 2 fully saturated rings. The number of likely N-dealkylation sites (tertiary alicyclic amines) is 2. The van der Waals surface area contributed by atoms with Crippen molar-refractivity contribution in [1.29, 1.82) is 0 Å². The summed E-state index contributed by atoms with van der Waals surface area (Å²) < 4.78 is 0. The highest BCUT2D eigenvalue weighted by Crippen LogP contribution is 2.20. The first-order valence-electron chi connectivity index (χ1n) is 6.44. The van der Waals surface area contributed by atoms with Gasteiger partial charge in [0.05, 0.1) is 0 Å². The van der Waals surface area contributed by atoms with E-state index in [4.69, 9.17) is 5.11 Å². The van der Waals surface area contributed by atoms with E-state index in [-0.39, 0.29) is 18.7 Å². The van der Waals surface area contributed by atoms with E-state index in [0.717, 1.165) is 25.9 Å². The van der Waals surface area contributed by atoms with Crippen LogP contribution >= 0.6 is 0 Å². The Morgan fingerprint density at radius 1 is 1.06 bits per heavy atom. The second-order valence-corrected chi connectivity index (χ2v) is 4.87. The number of carbonyl (C=O) groups excluding carboxylic acids is 1. The van der Waals surface area contributed by atoms with Crippen LogP contribution in [0.15, 0.2) is 0 Å². The van der Waals surface area contributed by atoms with Crippen LogP contribution in [0.1, 0.15) is 32.1 Å². The number of carbonyl (C=O) groups is 1. The molecule has 0 aromatic carbocycles. The van der Waals surface area contributed by atoms with Gasteiger partial charge in [-0.15, -0.1) is 0 Å². The Bertz CT molecular complexity index is 234. The third-order valence-corrected chi connectivity index (χ3v) is 3.86. The molecule has 5 heteroatoms. The van der Waals surface area contributed by atoms with E-state index >= 15 is 0 Å². The molecule has 2 saturated heterocycles. The summed E-state index contributed by atoms with van der Waals surface area (Å²) in [7, 11) is 0. The Morgan fingerprint density at radius 2 is 1.65 bits per heavy atom. The zero-order valence-electron chi connectivity index (χ0n) is 10.6. The highest BCUT2D eigenvalue weighted by atomic mass is 16.3. The number of piperidine rings is 2. The van der Waals surface area contributed by atoms with Crippen LogP contribution in [0.4, 0.5) is 0 Å². The first-order chi connectivity index (χ1) is 7.81. The first kappa shape index (κ1) is 14.4. The molecule has 0 saturated carbocycles. The van der Waals surface area contributed by atoms with E-state index in [1.807, 2.05) is 0 Å². The van der Waals surface area contributed by atoms with Crippen molar-refractivity contribution in [2.24, 2.45) is 0 Å². The van der Waals surface area contributed by atoms with Crippen molar-refractivity contribution < 1.29 is 9.90 Å². The average molecular weight is 243 g/mol. The van der Waals surface area contributed by atoms with Crippen molar-refractivity contribution >= 4 is 5.91 Å². The molecule has 2 rings (SSSR count). The van der Waals surface area contributed by atoms with Gasteiger partial charge in [0.1, 0.15) is 6.61 Å². The summed E-state index contributed by atoms with van der Waals surface area (Å²) in [5.41, 5.74) is 0. The van der Waals surface area contributed by atoms with Gasteiger partial charge in [0.2, 0.25) is 5.91 Å². The number of nitrogens with zero attached hydrogens (tertiary/aromatic N) is 2. The van der Waals surface area contributed by atoms with Gasteiger partial charge in [0.15, 0.2) is 0 Å². The number of hydrogen-bond donors (Lipinski definition) is 2. The quantitative estimate of drug-likeness (QED) is 0.745. The van der Waals surface area contributed by atoms with Crippen molar-refractivity contribution in [3.8, 4) is 0 Å². The Balaban J connectivity index is 0.00000144. The van der Waals surface area contributed by atoms with E-state index < -0.39 is 0 Å². The van der Waals surface area contributed by atoms with Gasteiger partial charge in [-0.25, -0.2) is 0 Å². The standard InChI is InChI=1S/C12H22N2O2.H3N/c15-10-12(16)14-8-4-11(5-9-14)13-6-2-1-3-7-13;/h11,15H,1-10H2;1H3. The fraction of sp³-hybridized carbons (Fsp3) is 0.917. The van der Waals surface area contributed by atoms with Gasteiger partial charge < -0.3 is 21.1 Å². The summed E-state index contributed by atoms with van der Waals surface area (Å²) in [6.07, 6.45) is 6.18. The lowest BCUT2D eigenvalue weighted by molar-refractivity contribution is -0.135. The van der Waals surface area contributed by atoms with Gasteiger partial charge in [-0.1, -0.05) is 6.42 Å². The molecule has 17 heavy (non-hydrogen) atoms. The molecule has 0 aromatic rings. The third kappa shape index (κ3) is 3.66. The normalized spacial score (nSPS) is 23.2. The van der Waals surface area contributed by atoms with Crippen molar-refractivity contribution in [3.63, 3.8) is 0 Å². The van der Waals surface area contributed by atoms with Gasteiger partial charge in [-0.05, 0) is 38.8 Å². The molecule has 2 heterocycles. The fourth-order valence-corrected chi connectivity index (χ4v) is 2.86. The van der Waals surface area contributed by atoms with E-state index in [0.29, 0.717) is 6.04 Å². The average Bonchev–Trinajstić information content (AvgIpc) is 2.39. The fourth-order valence-electron chi connectivity index (χ4n) is 2.86. The zero-order valence-corrected chi connectivity index (χ0v) is 10.6. The summed E-state index contributed by atoms with van der Waals surface area (Å²) >= 11 is 0. The van der Waals surface area contributed by atoms with Crippen molar-refractivity contribution in [3.05, 3.63) is 0 Å². The van der Waals surface area contributed by atoms with Crippen LogP contribution in [-0.4, -0.2) is 59.6 Å². The summed E-state index contributed by atoms with van der Waals surface area (Å²) in [6.45, 7) is 3.77. The van der Waals surface area contributed by atoms with Gasteiger partial charge in [0.25, 0.3) is 0 Å². The Morgan fingerprint density at radius 3 is 2.18 bits per heavy atom. The minimum absolute atomic E-state index is 0. The predicted molar refractivity (Wildman–Crippen MR) is 67.1 cm³/mol. The topological polar surface area (TPSA) is 78.8 Å². The molecule has 0 radical (unpaired) electrons. The van der Waals surface area contributed by atoms with Gasteiger partial charge in [-0.2, -0.15) is 0 Å². The minimum Gasteiger partial charge on any atom is -0.387 e. The molecule has 0 spiro atoms. The molecular formula is C12H25N3O2. The van der Waals surface area contributed by atoms with Crippen LogP contribution in [0, 0.1) is 0 Å². The van der Waals surface area contributed by atoms with Crippen LogP contribution in [0.2, 0.25) is 0 Å². The highest BCUT2D eigenvalue weighted by molar-refractivity contribution is 5.77. The molecule has 2 aliphatic rings. The summed E-state index contributed by atoms with van der Waals surface area (Å²) in [4.78, 5) is 15.7. The summed E-state index contributed by atoms with van der Waals surface area (Å²) in [5.74, 6) is -0.114. The zero-order chi connectivity index (χ0) is 11.4. The lowest BCUT2D eigenvalue weighted by Gasteiger charge is -2.40. The Hall–Kier alpha value is -0.650. The molecule has 0 aromatic heterocycles. The number of hydrogen-bond acceptors (Lipinski definition) is 4. The van der Waals surface area contributed by atoms with Crippen LogP contribution in [0.25, 0.3) is 0 Å². The molecule has 100 valence electrons. The van der Waals surface area contributed by atoms with E-state index in [9.17, 15) is 4.79 Å². The number of aliphatic hydroxyl groups is 1. The SMILES string of the molecule is N.O=C(CO)N1CCC(N2CCCCC2)CC1. The van der Waals surface area contributed by atoms with Crippen LogP contribution in [0.3, 0.4) is 0 Å². The largest absolute Gasteiger partial charge is 0.387 e. The van der Waals surface area contributed by atoms with Gasteiger partial charge in [-0.3, -0.25) is 4.79 Å². The molecule has 1 amide bonds. The lowest BCUT2D eigenvalue weighted by atomic mass is 10.00. The Kier molecular flexibility index (Phi) is 5.88. The second kappa shape index (κ2) is 6.93. The summed E-state index contributed by atoms with van der Waals surface area (Å²) in [5, 5.41) is 8.80. The van der Waals surface area contributed by atoms with Crippen molar-refractivity contribution in [1.82, 2.24) is 16.0 Å². The molecule has 0 atom stereocenters. The molecule has 2 aliphatic heterocycles. The molecular weight excluding hydrogens is 218 g/mol. The van der Waals surface area contributed by atoms with Crippen molar-refractivity contribution in [2.45, 2.75) is 38.1 Å².